The van der Waals surface area contributed by atoms with Crippen molar-refractivity contribution in [1.29, 1.82) is 0 Å². The van der Waals surface area contributed by atoms with Gasteiger partial charge in [-0.2, -0.15) is 4.98 Å². The first-order valence-electron chi connectivity index (χ1n) is 7.08. The Morgan fingerprint density at radius 2 is 2.19 bits per heavy atom. The highest BCUT2D eigenvalue weighted by Gasteiger charge is 2.33. The molecule has 1 amide bonds. The van der Waals surface area contributed by atoms with E-state index in [0.29, 0.717) is 23.7 Å². The molecule has 1 aromatic carbocycles. The average molecular weight is 289 g/mol. The number of carbonyl (C=O) groups excluding carboxylic acids is 1. The summed E-state index contributed by atoms with van der Waals surface area (Å²) < 4.78 is 18.2. The van der Waals surface area contributed by atoms with Crippen molar-refractivity contribution in [3.63, 3.8) is 0 Å². The van der Waals surface area contributed by atoms with E-state index in [2.05, 4.69) is 10.1 Å². The maximum Gasteiger partial charge on any atom is 0.249 e. The van der Waals surface area contributed by atoms with Gasteiger partial charge in [0.25, 0.3) is 0 Å². The highest BCUT2D eigenvalue weighted by Crippen LogP contribution is 2.32. The minimum Gasteiger partial charge on any atom is -0.337 e. The third-order valence-electron chi connectivity index (χ3n) is 3.70. The van der Waals surface area contributed by atoms with Crippen molar-refractivity contribution in [3.05, 3.63) is 36.0 Å². The summed E-state index contributed by atoms with van der Waals surface area (Å²) in [4.78, 5) is 18.1. The van der Waals surface area contributed by atoms with Crippen LogP contribution < -0.4 is 0 Å². The normalized spacial score (nSPS) is 18.2. The molecule has 21 heavy (non-hydrogen) atoms. The van der Waals surface area contributed by atoms with Crippen LogP contribution in [0.2, 0.25) is 0 Å². The monoisotopic (exact) mass is 289 g/mol. The molecule has 0 radical (unpaired) electrons. The molecule has 6 heteroatoms. The molecule has 0 unspecified atom stereocenters. The summed E-state index contributed by atoms with van der Waals surface area (Å²) >= 11 is 0. The van der Waals surface area contributed by atoms with Crippen molar-refractivity contribution in [3.8, 4) is 11.4 Å². The third-order valence-corrected chi connectivity index (χ3v) is 3.70. The molecule has 1 aliphatic rings. The van der Waals surface area contributed by atoms with Crippen LogP contribution in [-0.2, 0) is 4.79 Å². The molecule has 110 valence electrons. The molecule has 3 rings (SSSR count). The van der Waals surface area contributed by atoms with Gasteiger partial charge in [-0.15, -0.1) is 0 Å². The standard InChI is InChI=1S/C15H16FN3O2/c1-2-13(20)19-9-3-4-12(19)15-17-14(18-21-15)10-5-7-11(16)8-6-10/h5-8,12H,2-4,9H2,1H3/t12-/m0/s1. The van der Waals surface area contributed by atoms with Crippen LogP contribution in [0.3, 0.4) is 0 Å². The number of rotatable bonds is 3. The van der Waals surface area contributed by atoms with E-state index in [1.807, 2.05) is 6.92 Å². The number of likely N-dealkylation sites (tertiary alicyclic amines) is 1. The van der Waals surface area contributed by atoms with Crippen LogP contribution in [0.4, 0.5) is 4.39 Å². The molecule has 2 aromatic rings. The Bertz CT molecular complexity index is 639. The zero-order valence-electron chi connectivity index (χ0n) is 11.8. The zero-order chi connectivity index (χ0) is 14.8. The Balaban J connectivity index is 1.84. The van der Waals surface area contributed by atoms with E-state index in [-0.39, 0.29) is 17.8 Å². The Kier molecular flexibility index (Phi) is 3.68. The lowest BCUT2D eigenvalue weighted by atomic mass is 10.2. The van der Waals surface area contributed by atoms with Crippen LogP contribution in [0, 0.1) is 5.82 Å². The molecular formula is C15H16FN3O2. The van der Waals surface area contributed by atoms with Gasteiger partial charge >= 0.3 is 0 Å². The smallest absolute Gasteiger partial charge is 0.249 e. The fourth-order valence-electron chi connectivity index (χ4n) is 2.61. The van der Waals surface area contributed by atoms with Gasteiger partial charge in [0.15, 0.2) is 0 Å². The van der Waals surface area contributed by atoms with Gasteiger partial charge < -0.3 is 9.42 Å². The molecule has 0 aliphatic carbocycles. The molecule has 0 N–H and O–H groups in total. The number of carbonyl (C=O) groups is 1. The van der Waals surface area contributed by atoms with Crippen LogP contribution >= 0.6 is 0 Å². The first-order valence-corrected chi connectivity index (χ1v) is 7.08. The van der Waals surface area contributed by atoms with E-state index in [9.17, 15) is 9.18 Å². The van der Waals surface area contributed by atoms with Gasteiger partial charge in [0.2, 0.25) is 17.6 Å². The molecule has 1 atom stereocenters. The Labute approximate surface area is 121 Å². The minimum absolute atomic E-state index is 0.0963. The van der Waals surface area contributed by atoms with Crippen LogP contribution in [0.1, 0.15) is 38.1 Å². The summed E-state index contributed by atoms with van der Waals surface area (Å²) in [5.74, 6) is 0.659. The lowest BCUT2D eigenvalue weighted by Crippen LogP contribution is -2.29. The second-order valence-electron chi connectivity index (χ2n) is 5.06. The first-order chi connectivity index (χ1) is 10.2. The maximum atomic E-state index is 12.9. The second-order valence-corrected chi connectivity index (χ2v) is 5.06. The first kappa shape index (κ1) is 13.7. The summed E-state index contributed by atoms with van der Waals surface area (Å²) in [7, 11) is 0. The summed E-state index contributed by atoms with van der Waals surface area (Å²) in [5, 5.41) is 3.93. The lowest BCUT2D eigenvalue weighted by molar-refractivity contribution is -0.132. The number of hydrogen-bond donors (Lipinski definition) is 0. The van der Waals surface area contributed by atoms with Gasteiger partial charge in [0.1, 0.15) is 11.9 Å². The fraction of sp³-hybridized carbons (Fsp3) is 0.400. The van der Waals surface area contributed by atoms with E-state index in [0.717, 1.165) is 19.4 Å². The number of benzene rings is 1. The largest absolute Gasteiger partial charge is 0.337 e. The number of hydrogen-bond acceptors (Lipinski definition) is 4. The van der Waals surface area contributed by atoms with Gasteiger partial charge in [-0.3, -0.25) is 4.79 Å². The molecular weight excluding hydrogens is 273 g/mol. The third kappa shape index (κ3) is 2.66. The number of amides is 1. The highest BCUT2D eigenvalue weighted by molar-refractivity contribution is 5.76. The number of nitrogens with zero attached hydrogens (tertiary/aromatic N) is 3. The topological polar surface area (TPSA) is 59.2 Å². The SMILES string of the molecule is CCC(=O)N1CCC[C@H]1c1nc(-c2ccc(F)cc2)no1. The van der Waals surface area contributed by atoms with E-state index in [4.69, 9.17) is 4.52 Å². The van der Waals surface area contributed by atoms with Crippen LogP contribution in [0.15, 0.2) is 28.8 Å². The molecule has 5 nitrogen and oxygen atoms in total. The van der Waals surface area contributed by atoms with Gasteiger partial charge in [-0.25, -0.2) is 4.39 Å². The van der Waals surface area contributed by atoms with E-state index >= 15 is 0 Å². The van der Waals surface area contributed by atoms with Gasteiger partial charge in [0.05, 0.1) is 0 Å². The molecule has 0 spiro atoms. The summed E-state index contributed by atoms with van der Waals surface area (Å²) in [6.45, 7) is 2.57. The predicted octanol–water partition coefficient (Wildman–Crippen LogP) is 2.95. The van der Waals surface area contributed by atoms with Gasteiger partial charge in [0, 0.05) is 18.5 Å². The Morgan fingerprint density at radius 3 is 2.90 bits per heavy atom. The Hall–Kier alpha value is -2.24. The minimum atomic E-state index is -0.307. The molecule has 0 bridgehead atoms. The van der Waals surface area contributed by atoms with Gasteiger partial charge in [-0.1, -0.05) is 12.1 Å². The molecule has 2 heterocycles. The van der Waals surface area contributed by atoms with Crippen molar-refractivity contribution in [2.45, 2.75) is 32.2 Å². The molecule has 1 fully saturated rings. The van der Waals surface area contributed by atoms with Crippen LogP contribution in [0.25, 0.3) is 11.4 Å². The molecule has 1 aromatic heterocycles. The number of halogens is 1. The predicted molar refractivity (Wildman–Crippen MR) is 73.7 cm³/mol. The Morgan fingerprint density at radius 1 is 1.43 bits per heavy atom. The van der Waals surface area contributed by atoms with E-state index in [1.165, 1.54) is 12.1 Å². The van der Waals surface area contributed by atoms with E-state index < -0.39 is 0 Å². The quantitative estimate of drug-likeness (QED) is 0.871. The summed E-state index contributed by atoms with van der Waals surface area (Å²) in [6, 6.07) is 5.78. The lowest BCUT2D eigenvalue weighted by Gasteiger charge is -2.20. The second kappa shape index (κ2) is 5.63. The van der Waals surface area contributed by atoms with Crippen molar-refractivity contribution in [1.82, 2.24) is 15.0 Å². The maximum absolute atomic E-state index is 12.9. The van der Waals surface area contributed by atoms with Crippen molar-refractivity contribution >= 4 is 5.91 Å². The van der Waals surface area contributed by atoms with Crippen molar-refractivity contribution < 1.29 is 13.7 Å². The molecule has 1 saturated heterocycles. The van der Waals surface area contributed by atoms with Crippen LogP contribution in [0.5, 0.6) is 0 Å². The zero-order valence-corrected chi connectivity index (χ0v) is 11.8. The molecule has 1 aliphatic heterocycles. The average Bonchev–Trinajstić information content (AvgIpc) is 3.15. The highest BCUT2D eigenvalue weighted by atomic mass is 19.1. The summed E-state index contributed by atoms with van der Waals surface area (Å²) in [5.41, 5.74) is 0.692. The van der Waals surface area contributed by atoms with Crippen LogP contribution in [-0.4, -0.2) is 27.5 Å². The molecule has 0 saturated carbocycles. The van der Waals surface area contributed by atoms with Gasteiger partial charge in [-0.05, 0) is 37.1 Å². The van der Waals surface area contributed by atoms with Crippen molar-refractivity contribution in [2.75, 3.05) is 6.54 Å². The van der Waals surface area contributed by atoms with Crippen molar-refractivity contribution in [2.24, 2.45) is 0 Å². The number of aromatic nitrogens is 2. The summed E-state index contributed by atoms with van der Waals surface area (Å²) in [6.07, 6.45) is 2.23. The van der Waals surface area contributed by atoms with E-state index in [1.54, 1.807) is 17.0 Å². The fourth-order valence-corrected chi connectivity index (χ4v) is 2.61.